The molecule has 0 bridgehead atoms. The number of aliphatic imine (C=N–C) groups is 1. The molecular weight excluding hydrogens is 400 g/mol. The van der Waals surface area contributed by atoms with Crippen LogP contribution in [0, 0.1) is 6.92 Å². The Kier molecular flexibility index (Phi) is 4.54. The van der Waals surface area contributed by atoms with Crippen molar-refractivity contribution < 1.29 is 13.2 Å². The fraction of sp³-hybridized carbons (Fsp3) is 0.182. The number of fused-ring (bicyclic) bond motifs is 1. The molecule has 0 spiro atoms. The van der Waals surface area contributed by atoms with Crippen LogP contribution in [-0.2, 0) is 20.4 Å². The van der Waals surface area contributed by atoms with Gasteiger partial charge in [-0.1, -0.05) is 41.5 Å². The van der Waals surface area contributed by atoms with E-state index in [0.29, 0.717) is 16.5 Å². The minimum Gasteiger partial charge on any atom is -0.370 e. The van der Waals surface area contributed by atoms with Crippen LogP contribution < -0.4 is 11.1 Å². The van der Waals surface area contributed by atoms with Crippen molar-refractivity contribution in [3.63, 3.8) is 0 Å². The normalized spacial score (nSPS) is 19.0. The molecule has 1 unspecified atom stereocenters. The molecule has 7 nitrogen and oxygen atoms in total. The van der Waals surface area contributed by atoms with Crippen LogP contribution in [0.5, 0.6) is 0 Å². The van der Waals surface area contributed by atoms with Crippen molar-refractivity contribution in [3.8, 4) is 0 Å². The van der Waals surface area contributed by atoms with E-state index < -0.39 is 21.5 Å². The zero-order valence-corrected chi connectivity index (χ0v) is 17.5. The van der Waals surface area contributed by atoms with Gasteiger partial charge in [-0.15, -0.1) is 6.58 Å². The van der Waals surface area contributed by atoms with Gasteiger partial charge in [0, 0.05) is 23.6 Å². The highest BCUT2D eigenvalue weighted by Gasteiger charge is 2.47. The van der Waals surface area contributed by atoms with Crippen LogP contribution in [0.15, 0.2) is 76.8 Å². The first kappa shape index (κ1) is 19.9. The van der Waals surface area contributed by atoms with Crippen LogP contribution in [0.2, 0.25) is 0 Å². The van der Waals surface area contributed by atoms with Crippen molar-refractivity contribution in [1.29, 1.82) is 0 Å². The Bertz CT molecular complexity index is 1320. The number of hydrogen-bond acceptors (Lipinski definition) is 5. The largest absolute Gasteiger partial charge is 0.370 e. The van der Waals surface area contributed by atoms with Crippen molar-refractivity contribution in [2.24, 2.45) is 10.7 Å². The minimum atomic E-state index is -3.89. The van der Waals surface area contributed by atoms with E-state index in [2.05, 4.69) is 16.9 Å². The molecule has 1 atom stereocenters. The molecule has 3 N–H and O–H groups in total. The summed E-state index contributed by atoms with van der Waals surface area (Å²) in [4.78, 5) is 17.5. The van der Waals surface area contributed by atoms with E-state index in [1.54, 1.807) is 55.5 Å². The smallest absolute Gasteiger partial charge is 0.268 e. The molecule has 0 radical (unpaired) electrons. The van der Waals surface area contributed by atoms with Crippen LogP contribution in [0.4, 0.5) is 0 Å². The zero-order valence-electron chi connectivity index (χ0n) is 16.7. The van der Waals surface area contributed by atoms with E-state index in [-0.39, 0.29) is 17.3 Å². The number of benzene rings is 2. The van der Waals surface area contributed by atoms with Crippen molar-refractivity contribution >= 4 is 32.8 Å². The molecular formula is C22H22N4O3S. The maximum atomic E-state index is 13.4. The Balaban J connectivity index is 2.01. The molecule has 30 heavy (non-hydrogen) atoms. The third-order valence-corrected chi connectivity index (χ3v) is 6.88. The van der Waals surface area contributed by atoms with E-state index >= 15 is 0 Å². The quantitative estimate of drug-likeness (QED) is 0.617. The predicted molar refractivity (Wildman–Crippen MR) is 117 cm³/mol. The Morgan fingerprint density at radius 1 is 1.20 bits per heavy atom. The van der Waals surface area contributed by atoms with Gasteiger partial charge >= 0.3 is 0 Å². The number of nitrogens with one attached hydrogen (secondary N) is 1. The van der Waals surface area contributed by atoms with Gasteiger partial charge in [-0.05, 0) is 32.0 Å². The van der Waals surface area contributed by atoms with Crippen molar-refractivity contribution in [3.05, 3.63) is 78.0 Å². The summed E-state index contributed by atoms with van der Waals surface area (Å²) in [6.07, 6.45) is 1.68. The number of rotatable bonds is 5. The summed E-state index contributed by atoms with van der Waals surface area (Å²) >= 11 is 0. The summed E-state index contributed by atoms with van der Waals surface area (Å²) in [5.74, 6) is -0.405. The molecule has 1 aromatic heterocycles. The summed E-state index contributed by atoms with van der Waals surface area (Å²) in [5, 5.41) is 3.17. The molecule has 1 aliphatic rings. The summed E-state index contributed by atoms with van der Waals surface area (Å²) in [7, 11) is -3.89. The first-order valence-corrected chi connectivity index (χ1v) is 10.8. The second-order valence-corrected chi connectivity index (χ2v) is 9.43. The molecule has 2 aromatic carbocycles. The molecule has 0 fully saturated rings. The fourth-order valence-electron chi connectivity index (χ4n) is 3.84. The topological polar surface area (TPSA) is 107 Å². The number of amides is 1. The molecule has 4 rings (SSSR count). The summed E-state index contributed by atoms with van der Waals surface area (Å²) in [6, 6.07) is 13.7. The van der Waals surface area contributed by atoms with Crippen molar-refractivity contribution in [2.45, 2.75) is 30.7 Å². The van der Waals surface area contributed by atoms with Gasteiger partial charge in [0.05, 0.1) is 10.4 Å². The molecule has 154 valence electrons. The van der Waals surface area contributed by atoms with Crippen LogP contribution in [0.3, 0.4) is 0 Å². The van der Waals surface area contributed by atoms with Gasteiger partial charge < -0.3 is 5.73 Å². The molecule has 1 aliphatic heterocycles. The van der Waals surface area contributed by atoms with E-state index in [1.807, 2.05) is 6.92 Å². The predicted octanol–water partition coefficient (Wildman–Crippen LogP) is 2.79. The molecule has 3 aromatic rings. The van der Waals surface area contributed by atoms with Crippen LogP contribution in [0.25, 0.3) is 10.9 Å². The van der Waals surface area contributed by atoms with Crippen LogP contribution in [-0.4, -0.2) is 24.3 Å². The number of hydrogen-bond donors (Lipinski definition) is 2. The number of guanidine groups is 1. The van der Waals surface area contributed by atoms with E-state index in [9.17, 15) is 13.2 Å². The molecule has 1 amide bonds. The fourth-order valence-corrected chi connectivity index (χ4v) is 5.21. The SMILES string of the molecule is C=C(C)CC1(c2cn(S(=O)(=O)c3ccc(C)cc3)c3ccccc23)N=C(N)NC1=O. The van der Waals surface area contributed by atoms with E-state index in [4.69, 9.17) is 5.73 Å². The highest BCUT2D eigenvalue weighted by Crippen LogP contribution is 2.41. The van der Waals surface area contributed by atoms with Gasteiger partial charge in [0.1, 0.15) is 0 Å². The number of nitrogens with zero attached hydrogens (tertiary/aromatic N) is 2. The standard InChI is InChI=1S/C22H22N4O3S/c1-14(2)12-22(20(27)24-21(23)25-22)18-13-26(19-7-5-4-6-17(18)19)30(28,29)16-10-8-15(3)9-11-16/h4-11,13H,1,12H2,2-3H3,(H3,23,24,25,27). The van der Waals surface area contributed by atoms with Gasteiger partial charge in [-0.3, -0.25) is 10.1 Å². The lowest BCUT2D eigenvalue weighted by Crippen LogP contribution is -2.39. The van der Waals surface area contributed by atoms with Crippen LogP contribution >= 0.6 is 0 Å². The molecule has 0 saturated carbocycles. The number of aromatic nitrogens is 1. The third kappa shape index (κ3) is 3.00. The summed E-state index contributed by atoms with van der Waals surface area (Å²) in [5.41, 5.74) is 7.06. The van der Waals surface area contributed by atoms with E-state index in [0.717, 1.165) is 11.1 Å². The highest BCUT2D eigenvalue weighted by molar-refractivity contribution is 7.90. The second kappa shape index (κ2) is 6.84. The number of carbonyl (C=O) groups is 1. The van der Waals surface area contributed by atoms with Gasteiger partial charge in [-0.2, -0.15) is 0 Å². The van der Waals surface area contributed by atoms with Gasteiger partial charge in [0.15, 0.2) is 11.5 Å². The van der Waals surface area contributed by atoms with Crippen molar-refractivity contribution in [1.82, 2.24) is 9.29 Å². The summed E-state index contributed by atoms with van der Waals surface area (Å²) < 4.78 is 28.1. The van der Waals surface area contributed by atoms with E-state index in [1.165, 1.54) is 10.2 Å². The van der Waals surface area contributed by atoms with Crippen molar-refractivity contribution in [2.75, 3.05) is 0 Å². The number of nitrogens with two attached hydrogens (primary N) is 1. The van der Waals surface area contributed by atoms with Gasteiger partial charge in [0.2, 0.25) is 0 Å². The number of carbonyl (C=O) groups excluding carboxylic acids is 1. The maximum absolute atomic E-state index is 13.4. The van der Waals surface area contributed by atoms with Gasteiger partial charge in [-0.25, -0.2) is 17.4 Å². The first-order chi connectivity index (χ1) is 14.1. The Hall–Kier alpha value is -3.39. The lowest BCUT2D eigenvalue weighted by Gasteiger charge is -2.23. The molecule has 0 aliphatic carbocycles. The first-order valence-electron chi connectivity index (χ1n) is 9.39. The Morgan fingerprint density at radius 3 is 2.47 bits per heavy atom. The monoisotopic (exact) mass is 422 g/mol. The number of aryl methyl sites for hydroxylation is 1. The highest BCUT2D eigenvalue weighted by atomic mass is 32.2. The third-order valence-electron chi connectivity index (χ3n) is 5.19. The maximum Gasteiger partial charge on any atom is 0.268 e. The average Bonchev–Trinajstić information content (AvgIpc) is 3.20. The molecule has 0 saturated heterocycles. The van der Waals surface area contributed by atoms with Gasteiger partial charge in [0.25, 0.3) is 15.9 Å². The summed E-state index contributed by atoms with van der Waals surface area (Å²) in [6.45, 7) is 7.61. The zero-order chi connectivity index (χ0) is 21.7. The molecule has 2 heterocycles. The Morgan fingerprint density at radius 2 is 1.87 bits per heavy atom. The Labute approximate surface area is 175 Å². The minimum absolute atomic E-state index is 0.000488. The van der Waals surface area contributed by atoms with Crippen LogP contribution in [0.1, 0.15) is 24.5 Å². The lowest BCUT2D eigenvalue weighted by atomic mass is 9.84. The number of para-hydroxylation sites is 1. The average molecular weight is 423 g/mol. The molecule has 8 heteroatoms. The second-order valence-electron chi connectivity index (χ2n) is 7.62. The lowest BCUT2D eigenvalue weighted by molar-refractivity contribution is -0.124.